The molecular formula is C12H24N2O3. The van der Waals surface area contributed by atoms with E-state index in [0.717, 1.165) is 6.54 Å². The first-order chi connectivity index (χ1) is 7.76. The van der Waals surface area contributed by atoms with Crippen LogP contribution in [-0.2, 0) is 4.74 Å². The van der Waals surface area contributed by atoms with Gasteiger partial charge in [0.2, 0.25) is 0 Å². The molecule has 1 heterocycles. The average Bonchev–Trinajstić information content (AvgIpc) is 2.14. The first-order valence-electron chi connectivity index (χ1n) is 6.10. The fourth-order valence-electron chi connectivity index (χ4n) is 1.95. The van der Waals surface area contributed by atoms with Crippen LogP contribution < -0.4 is 5.32 Å². The number of rotatable bonds is 2. The van der Waals surface area contributed by atoms with Crippen molar-refractivity contribution in [3.63, 3.8) is 0 Å². The molecule has 0 saturated carbocycles. The molecule has 5 nitrogen and oxygen atoms in total. The lowest BCUT2D eigenvalue weighted by Gasteiger charge is -2.41. The summed E-state index contributed by atoms with van der Waals surface area (Å²) in [7, 11) is 0. The van der Waals surface area contributed by atoms with Crippen molar-refractivity contribution in [3.05, 3.63) is 0 Å². The van der Waals surface area contributed by atoms with Gasteiger partial charge in [0.15, 0.2) is 0 Å². The average molecular weight is 244 g/mol. The largest absolute Gasteiger partial charge is 0.444 e. The number of amides is 1. The predicted octanol–water partition coefficient (Wildman–Crippen LogP) is 0.968. The minimum Gasteiger partial charge on any atom is -0.444 e. The van der Waals surface area contributed by atoms with E-state index in [9.17, 15) is 4.79 Å². The molecule has 1 fully saturated rings. The molecule has 5 heteroatoms. The van der Waals surface area contributed by atoms with E-state index in [1.54, 1.807) is 4.90 Å². The van der Waals surface area contributed by atoms with Crippen molar-refractivity contribution < 1.29 is 14.6 Å². The van der Waals surface area contributed by atoms with E-state index >= 15 is 0 Å². The van der Waals surface area contributed by atoms with Gasteiger partial charge in [0.25, 0.3) is 0 Å². The van der Waals surface area contributed by atoms with E-state index in [4.69, 9.17) is 9.84 Å². The number of aliphatic hydroxyl groups excluding tert-OH is 1. The molecule has 0 aromatic rings. The van der Waals surface area contributed by atoms with Crippen LogP contribution in [0, 0.1) is 0 Å². The molecule has 17 heavy (non-hydrogen) atoms. The Morgan fingerprint density at radius 3 is 2.71 bits per heavy atom. The van der Waals surface area contributed by atoms with Crippen LogP contribution in [0.15, 0.2) is 0 Å². The SMILES string of the molecule is CC1(CCO)CN(C(=O)OC(C)(C)C)CCN1. The second-order valence-corrected chi connectivity index (χ2v) is 5.86. The smallest absolute Gasteiger partial charge is 0.410 e. The Labute approximate surface area is 103 Å². The summed E-state index contributed by atoms with van der Waals surface area (Å²) in [5.74, 6) is 0. The van der Waals surface area contributed by atoms with Crippen molar-refractivity contribution in [2.75, 3.05) is 26.2 Å². The molecule has 1 amide bonds. The van der Waals surface area contributed by atoms with Gasteiger partial charge >= 0.3 is 6.09 Å². The molecule has 0 aromatic carbocycles. The lowest BCUT2D eigenvalue weighted by atomic mass is 9.95. The summed E-state index contributed by atoms with van der Waals surface area (Å²) in [5, 5.41) is 12.4. The Bertz CT molecular complexity index is 271. The molecule has 1 aliphatic heterocycles. The van der Waals surface area contributed by atoms with Crippen molar-refractivity contribution in [1.82, 2.24) is 10.2 Å². The van der Waals surface area contributed by atoms with Crippen LogP contribution >= 0.6 is 0 Å². The van der Waals surface area contributed by atoms with Gasteiger partial charge in [-0.1, -0.05) is 0 Å². The molecule has 1 aliphatic rings. The second-order valence-electron chi connectivity index (χ2n) is 5.86. The zero-order valence-electron chi connectivity index (χ0n) is 11.2. The number of piperazine rings is 1. The van der Waals surface area contributed by atoms with E-state index in [-0.39, 0.29) is 18.2 Å². The molecule has 1 rings (SSSR count). The Morgan fingerprint density at radius 1 is 1.53 bits per heavy atom. The van der Waals surface area contributed by atoms with E-state index in [1.165, 1.54) is 0 Å². The van der Waals surface area contributed by atoms with E-state index < -0.39 is 5.60 Å². The molecule has 0 radical (unpaired) electrons. The van der Waals surface area contributed by atoms with Crippen molar-refractivity contribution in [3.8, 4) is 0 Å². The van der Waals surface area contributed by atoms with E-state index in [1.807, 2.05) is 27.7 Å². The Hall–Kier alpha value is -0.810. The minimum atomic E-state index is -0.463. The topological polar surface area (TPSA) is 61.8 Å². The summed E-state index contributed by atoms with van der Waals surface area (Å²) >= 11 is 0. The van der Waals surface area contributed by atoms with Crippen LogP contribution in [0.1, 0.15) is 34.1 Å². The van der Waals surface area contributed by atoms with Gasteiger partial charge in [-0.2, -0.15) is 0 Å². The highest BCUT2D eigenvalue weighted by molar-refractivity contribution is 5.68. The van der Waals surface area contributed by atoms with Gasteiger partial charge in [0.05, 0.1) is 0 Å². The van der Waals surface area contributed by atoms with Crippen molar-refractivity contribution in [2.24, 2.45) is 0 Å². The van der Waals surface area contributed by atoms with Gasteiger partial charge in [0.1, 0.15) is 5.60 Å². The summed E-state index contributed by atoms with van der Waals surface area (Å²) < 4.78 is 5.35. The van der Waals surface area contributed by atoms with Crippen LogP contribution in [0.4, 0.5) is 4.79 Å². The Morgan fingerprint density at radius 2 is 2.18 bits per heavy atom. The van der Waals surface area contributed by atoms with Crippen LogP contribution in [0.3, 0.4) is 0 Å². The Kier molecular flexibility index (Phi) is 4.38. The van der Waals surface area contributed by atoms with Crippen LogP contribution in [0.2, 0.25) is 0 Å². The third kappa shape index (κ3) is 4.52. The third-order valence-corrected chi connectivity index (χ3v) is 2.79. The highest BCUT2D eigenvalue weighted by Crippen LogP contribution is 2.18. The molecule has 1 atom stereocenters. The zero-order valence-corrected chi connectivity index (χ0v) is 11.2. The first-order valence-corrected chi connectivity index (χ1v) is 6.10. The van der Waals surface area contributed by atoms with Gasteiger partial charge < -0.3 is 20.1 Å². The Balaban J connectivity index is 2.57. The van der Waals surface area contributed by atoms with Crippen molar-refractivity contribution >= 4 is 6.09 Å². The summed E-state index contributed by atoms with van der Waals surface area (Å²) in [6, 6.07) is 0. The monoisotopic (exact) mass is 244 g/mol. The molecule has 0 aromatic heterocycles. The fraction of sp³-hybridized carbons (Fsp3) is 0.917. The highest BCUT2D eigenvalue weighted by Gasteiger charge is 2.34. The number of ether oxygens (including phenoxy) is 1. The highest BCUT2D eigenvalue weighted by atomic mass is 16.6. The lowest BCUT2D eigenvalue weighted by molar-refractivity contribution is 0.0115. The summed E-state index contributed by atoms with van der Waals surface area (Å²) in [5.41, 5.74) is -0.681. The minimum absolute atomic E-state index is 0.117. The van der Waals surface area contributed by atoms with Gasteiger partial charge in [-0.15, -0.1) is 0 Å². The molecule has 0 bridgehead atoms. The third-order valence-electron chi connectivity index (χ3n) is 2.79. The van der Waals surface area contributed by atoms with E-state index in [2.05, 4.69) is 5.32 Å². The molecule has 1 unspecified atom stereocenters. The van der Waals surface area contributed by atoms with Crippen molar-refractivity contribution in [2.45, 2.75) is 45.3 Å². The molecule has 0 spiro atoms. The van der Waals surface area contributed by atoms with Crippen molar-refractivity contribution in [1.29, 1.82) is 0 Å². The number of nitrogens with one attached hydrogen (secondary N) is 1. The van der Waals surface area contributed by atoms with Gasteiger partial charge in [-0.05, 0) is 34.1 Å². The molecule has 1 saturated heterocycles. The van der Waals surface area contributed by atoms with Gasteiger partial charge in [-0.3, -0.25) is 0 Å². The lowest BCUT2D eigenvalue weighted by Crippen LogP contribution is -2.60. The number of carbonyl (C=O) groups excluding carboxylic acids is 1. The number of hydrogen-bond acceptors (Lipinski definition) is 4. The summed E-state index contributed by atoms with van der Waals surface area (Å²) in [4.78, 5) is 13.6. The predicted molar refractivity (Wildman–Crippen MR) is 65.9 cm³/mol. The molecule has 100 valence electrons. The zero-order chi connectivity index (χ0) is 13.1. The maximum Gasteiger partial charge on any atom is 0.410 e. The first kappa shape index (κ1) is 14.3. The quantitative estimate of drug-likeness (QED) is 0.760. The fourth-order valence-corrected chi connectivity index (χ4v) is 1.95. The molecule has 0 aliphatic carbocycles. The van der Waals surface area contributed by atoms with Crippen LogP contribution in [-0.4, -0.2) is 53.5 Å². The number of nitrogens with zero attached hydrogens (tertiary/aromatic N) is 1. The van der Waals surface area contributed by atoms with Gasteiger partial charge in [0, 0.05) is 31.8 Å². The van der Waals surface area contributed by atoms with E-state index in [0.29, 0.717) is 19.5 Å². The van der Waals surface area contributed by atoms with Crippen LogP contribution in [0.25, 0.3) is 0 Å². The maximum absolute atomic E-state index is 11.9. The standard InChI is InChI=1S/C12H24N2O3/c1-11(2,3)17-10(16)14-7-6-13-12(4,9-14)5-8-15/h13,15H,5-9H2,1-4H3. The second kappa shape index (κ2) is 5.23. The maximum atomic E-state index is 11.9. The van der Waals surface area contributed by atoms with Crippen LogP contribution in [0.5, 0.6) is 0 Å². The van der Waals surface area contributed by atoms with Gasteiger partial charge in [-0.25, -0.2) is 4.79 Å². The normalized spacial score (nSPS) is 25.8. The number of carbonyl (C=O) groups is 1. The number of aliphatic hydroxyl groups is 1. The molecule has 2 N–H and O–H groups in total. The summed E-state index contributed by atoms with van der Waals surface area (Å²) in [6.07, 6.45) is 0.356. The molecular weight excluding hydrogens is 220 g/mol. The summed E-state index contributed by atoms with van der Waals surface area (Å²) in [6.45, 7) is 9.67. The number of hydrogen-bond donors (Lipinski definition) is 2.